The van der Waals surface area contributed by atoms with Crippen molar-refractivity contribution in [3.63, 3.8) is 0 Å². The van der Waals surface area contributed by atoms with Gasteiger partial charge < -0.3 is 14.8 Å². The van der Waals surface area contributed by atoms with Crippen molar-refractivity contribution >= 4 is 5.91 Å². The Kier molecular flexibility index (Phi) is 5.01. The predicted molar refractivity (Wildman–Crippen MR) is 78.2 cm³/mol. The minimum Gasteiger partial charge on any atom is -0.496 e. The van der Waals surface area contributed by atoms with Gasteiger partial charge in [-0.05, 0) is 32.3 Å². The minimum atomic E-state index is 0.0174. The van der Waals surface area contributed by atoms with E-state index < -0.39 is 0 Å². The molecular weight excluding hydrogens is 254 g/mol. The van der Waals surface area contributed by atoms with Crippen molar-refractivity contribution < 1.29 is 14.3 Å². The summed E-state index contributed by atoms with van der Waals surface area (Å²) < 4.78 is 10.9. The molecule has 4 nitrogen and oxygen atoms in total. The fraction of sp³-hybridized carbons (Fsp3) is 0.562. The highest BCUT2D eigenvalue weighted by molar-refractivity contribution is 5.79. The monoisotopic (exact) mass is 277 g/mol. The van der Waals surface area contributed by atoms with E-state index in [1.807, 2.05) is 19.9 Å². The molecule has 0 aromatic heterocycles. The standard InChI is InChI=1S/C16H23NO3/c1-11-7-12(2)16(19-3)13(8-11)9-15(18)17-10-14-5-4-6-20-14/h7-8,14H,4-6,9-10H2,1-3H3,(H,17,18). The SMILES string of the molecule is COc1c(C)cc(C)cc1CC(=O)NCC1CCCO1. The number of carbonyl (C=O) groups is 1. The first-order chi connectivity index (χ1) is 9.60. The number of rotatable bonds is 5. The summed E-state index contributed by atoms with van der Waals surface area (Å²) in [6, 6.07) is 4.07. The van der Waals surface area contributed by atoms with Gasteiger partial charge in [-0.3, -0.25) is 4.79 Å². The molecule has 20 heavy (non-hydrogen) atoms. The number of nitrogens with one attached hydrogen (secondary N) is 1. The van der Waals surface area contributed by atoms with Gasteiger partial charge in [0.25, 0.3) is 0 Å². The van der Waals surface area contributed by atoms with E-state index in [-0.39, 0.29) is 12.0 Å². The number of hydrogen-bond acceptors (Lipinski definition) is 3. The van der Waals surface area contributed by atoms with Crippen LogP contribution in [0, 0.1) is 13.8 Å². The van der Waals surface area contributed by atoms with Crippen molar-refractivity contribution in [2.24, 2.45) is 0 Å². The van der Waals surface area contributed by atoms with Gasteiger partial charge in [-0.2, -0.15) is 0 Å². The third-order valence-electron chi connectivity index (χ3n) is 3.60. The van der Waals surface area contributed by atoms with E-state index in [0.717, 1.165) is 41.9 Å². The van der Waals surface area contributed by atoms with Gasteiger partial charge in [0.05, 0.1) is 19.6 Å². The van der Waals surface area contributed by atoms with Crippen LogP contribution in [0.25, 0.3) is 0 Å². The molecule has 0 radical (unpaired) electrons. The van der Waals surface area contributed by atoms with Crippen molar-refractivity contribution in [1.29, 1.82) is 0 Å². The van der Waals surface area contributed by atoms with Crippen LogP contribution in [-0.2, 0) is 16.0 Å². The summed E-state index contributed by atoms with van der Waals surface area (Å²) >= 11 is 0. The quantitative estimate of drug-likeness (QED) is 0.897. The van der Waals surface area contributed by atoms with Crippen LogP contribution in [0.2, 0.25) is 0 Å². The van der Waals surface area contributed by atoms with Crippen LogP contribution in [0.5, 0.6) is 5.75 Å². The highest BCUT2D eigenvalue weighted by Crippen LogP contribution is 2.25. The molecule has 1 aliphatic heterocycles. The molecule has 1 amide bonds. The molecule has 1 saturated heterocycles. The molecule has 110 valence electrons. The molecule has 0 saturated carbocycles. The van der Waals surface area contributed by atoms with Crippen LogP contribution < -0.4 is 10.1 Å². The Balaban J connectivity index is 1.96. The highest BCUT2D eigenvalue weighted by Gasteiger charge is 2.17. The average molecular weight is 277 g/mol. The molecule has 1 N–H and O–H groups in total. The molecule has 4 heteroatoms. The summed E-state index contributed by atoms with van der Waals surface area (Å²) in [6.07, 6.45) is 2.65. The highest BCUT2D eigenvalue weighted by atomic mass is 16.5. The maximum atomic E-state index is 12.0. The van der Waals surface area contributed by atoms with Crippen LogP contribution in [0.3, 0.4) is 0 Å². The van der Waals surface area contributed by atoms with Crippen LogP contribution in [-0.4, -0.2) is 32.3 Å². The van der Waals surface area contributed by atoms with Gasteiger partial charge in [-0.25, -0.2) is 0 Å². The van der Waals surface area contributed by atoms with Crippen LogP contribution in [0.4, 0.5) is 0 Å². The molecule has 1 heterocycles. The van der Waals surface area contributed by atoms with Crippen LogP contribution in [0.15, 0.2) is 12.1 Å². The molecule has 1 aromatic carbocycles. The lowest BCUT2D eigenvalue weighted by molar-refractivity contribution is -0.120. The predicted octanol–water partition coefficient (Wildman–Crippen LogP) is 2.15. The molecule has 0 aliphatic carbocycles. The first-order valence-corrected chi connectivity index (χ1v) is 7.12. The molecule has 0 spiro atoms. The maximum Gasteiger partial charge on any atom is 0.224 e. The first-order valence-electron chi connectivity index (χ1n) is 7.12. The summed E-state index contributed by atoms with van der Waals surface area (Å²) in [5, 5.41) is 2.94. The summed E-state index contributed by atoms with van der Waals surface area (Å²) in [4.78, 5) is 12.0. The number of ether oxygens (including phenoxy) is 2. The van der Waals surface area contributed by atoms with Crippen molar-refractivity contribution in [2.75, 3.05) is 20.3 Å². The zero-order valence-corrected chi connectivity index (χ0v) is 12.5. The summed E-state index contributed by atoms with van der Waals surface area (Å²) in [5.41, 5.74) is 3.15. The van der Waals surface area contributed by atoms with Crippen LogP contribution >= 0.6 is 0 Å². The smallest absolute Gasteiger partial charge is 0.224 e. The fourth-order valence-electron chi connectivity index (χ4n) is 2.73. The van der Waals surface area contributed by atoms with Crippen molar-refractivity contribution in [2.45, 2.75) is 39.2 Å². The second-order valence-corrected chi connectivity index (χ2v) is 5.39. The normalized spacial score (nSPS) is 18.1. The van der Waals surface area contributed by atoms with Crippen molar-refractivity contribution in [3.05, 3.63) is 28.8 Å². The fourth-order valence-corrected chi connectivity index (χ4v) is 2.73. The number of amides is 1. The van der Waals surface area contributed by atoms with Crippen LogP contribution in [0.1, 0.15) is 29.5 Å². The second kappa shape index (κ2) is 6.75. The van der Waals surface area contributed by atoms with Gasteiger partial charge >= 0.3 is 0 Å². The van der Waals surface area contributed by atoms with E-state index >= 15 is 0 Å². The van der Waals surface area contributed by atoms with E-state index in [1.165, 1.54) is 0 Å². The lowest BCUT2D eigenvalue weighted by Crippen LogP contribution is -2.32. The van der Waals surface area contributed by atoms with Crippen molar-refractivity contribution in [3.8, 4) is 5.75 Å². The molecule has 1 atom stereocenters. The molecule has 0 bridgehead atoms. The van der Waals surface area contributed by atoms with Gasteiger partial charge in [0.2, 0.25) is 5.91 Å². The third-order valence-corrected chi connectivity index (χ3v) is 3.60. The molecule has 2 rings (SSSR count). The Labute approximate surface area is 120 Å². The third kappa shape index (κ3) is 3.73. The van der Waals surface area contributed by atoms with Gasteiger partial charge in [-0.1, -0.05) is 17.7 Å². The molecule has 1 unspecified atom stereocenters. The van der Waals surface area contributed by atoms with Gasteiger partial charge in [0, 0.05) is 18.7 Å². The lowest BCUT2D eigenvalue weighted by Gasteiger charge is -2.14. The molecule has 1 aliphatic rings. The maximum absolute atomic E-state index is 12.0. The Morgan fingerprint density at radius 1 is 1.45 bits per heavy atom. The minimum absolute atomic E-state index is 0.0174. The number of aryl methyl sites for hydroxylation is 2. The molecule has 1 fully saturated rings. The summed E-state index contributed by atoms with van der Waals surface area (Å²) in [7, 11) is 1.64. The van der Waals surface area contributed by atoms with Gasteiger partial charge in [-0.15, -0.1) is 0 Å². The largest absolute Gasteiger partial charge is 0.496 e. The molecule has 1 aromatic rings. The number of hydrogen-bond donors (Lipinski definition) is 1. The number of carbonyl (C=O) groups excluding carboxylic acids is 1. The summed E-state index contributed by atoms with van der Waals surface area (Å²) in [5.74, 6) is 0.826. The van der Waals surface area contributed by atoms with E-state index in [9.17, 15) is 4.79 Å². The van der Waals surface area contributed by atoms with E-state index in [2.05, 4.69) is 11.4 Å². The van der Waals surface area contributed by atoms with E-state index in [4.69, 9.17) is 9.47 Å². The Hall–Kier alpha value is -1.55. The zero-order valence-electron chi connectivity index (χ0n) is 12.5. The van der Waals surface area contributed by atoms with Gasteiger partial charge in [0.1, 0.15) is 5.75 Å². The second-order valence-electron chi connectivity index (χ2n) is 5.39. The summed E-state index contributed by atoms with van der Waals surface area (Å²) in [6.45, 7) is 5.44. The first kappa shape index (κ1) is 14.9. The van der Waals surface area contributed by atoms with Crippen molar-refractivity contribution in [1.82, 2.24) is 5.32 Å². The van der Waals surface area contributed by atoms with Gasteiger partial charge in [0.15, 0.2) is 0 Å². The number of benzene rings is 1. The molecular formula is C16H23NO3. The lowest BCUT2D eigenvalue weighted by atomic mass is 10.0. The Morgan fingerprint density at radius 3 is 2.90 bits per heavy atom. The zero-order chi connectivity index (χ0) is 14.5. The Morgan fingerprint density at radius 2 is 2.25 bits per heavy atom. The van der Waals surface area contributed by atoms with E-state index in [0.29, 0.717) is 13.0 Å². The van der Waals surface area contributed by atoms with E-state index in [1.54, 1.807) is 7.11 Å². The number of methoxy groups -OCH3 is 1. The average Bonchev–Trinajstić information content (AvgIpc) is 2.89. The topological polar surface area (TPSA) is 47.6 Å². The Bertz CT molecular complexity index is 479.